The Labute approximate surface area is 196 Å². The highest BCUT2D eigenvalue weighted by Crippen LogP contribution is 2.49. The summed E-state index contributed by atoms with van der Waals surface area (Å²) >= 11 is 1.99. The highest BCUT2D eigenvalue weighted by Gasteiger charge is 2.44. The van der Waals surface area contributed by atoms with Crippen LogP contribution in [0, 0.1) is 18.8 Å². The number of rotatable bonds is 10. The van der Waals surface area contributed by atoms with E-state index in [0.717, 1.165) is 43.4 Å². The molecule has 1 aromatic rings. The van der Waals surface area contributed by atoms with Crippen molar-refractivity contribution in [2.24, 2.45) is 11.8 Å². The number of carbonyl (C=O) groups is 1. The number of fused-ring (bicyclic) bond motifs is 1. The number of carbonyl (C=O) groups excluding carboxylic acids is 1. The van der Waals surface area contributed by atoms with Gasteiger partial charge in [-0.3, -0.25) is 4.79 Å². The van der Waals surface area contributed by atoms with Crippen LogP contribution in [0.1, 0.15) is 57.9 Å². The van der Waals surface area contributed by atoms with Gasteiger partial charge in [-0.1, -0.05) is 24.3 Å². The van der Waals surface area contributed by atoms with Gasteiger partial charge in [0, 0.05) is 22.8 Å². The molecule has 2 fully saturated rings. The topological polar surface area (TPSA) is 76.0 Å². The SMILES string of the molecule is Cc1cccc(OC[C@H](O)/C=C/[C@@H]2[C@H]3CC[C@H](CCCC(=O)OC(C)C)S[C@H]3C[C@H]2O)c1. The Morgan fingerprint density at radius 3 is 2.88 bits per heavy atom. The van der Waals surface area contributed by atoms with Crippen LogP contribution in [0.15, 0.2) is 36.4 Å². The molecule has 1 aliphatic carbocycles. The summed E-state index contributed by atoms with van der Waals surface area (Å²) < 4.78 is 10.9. The second-order valence-corrected chi connectivity index (χ2v) is 11.0. The second kappa shape index (κ2) is 12.1. The number of thioether (sulfide) groups is 1. The van der Waals surface area contributed by atoms with Crippen LogP contribution in [0.4, 0.5) is 0 Å². The maximum Gasteiger partial charge on any atom is 0.306 e. The van der Waals surface area contributed by atoms with Crippen LogP contribution in [-0.4, -0.2) is 51.6 Å². The van der Waals surface area contributed by atoms with Gasteiger partial charge in [0.2, 0.25) is 0 Å². The average Bonchev–Trinajstić information content (AvgIpc) is 3.04. The molecule has 178 valence electrons. The molecule has 6 atom stereocenters. The minimum absolute atomic E-state index is 0.0510. The summed E-state index contributed by atoms with van der Waals surface area (Å²) in [6.07, 6.45) is 8.03. The molecule has 0 radical (unpaired) electrons. The molecule has 1 heterocycles. The van der Waals surface area contributed by atoms with E-state index in [2.05, 4.69) is 0 Å². The number of hydrogen-bond donors (Lipinski definition) is 2. The highest BCUT2D eigenvalue weighted by molar-refractivity contribution is 8.00. The molecule has 2 N–H and O–H groups in total. The lowest BCUT2D eigenvalue weighted by Crippen LogP contribution is -2.27. The second-order valence-electron chi connectivity index (χ2n) is 9.43. The van der Waals surface area contributed by atoms with Crippen molar-refractivity contribution >= 4 is 17.7 Å². The van der Waals surface area contributed by atoms with Gasteiger partial charge in [0.15, 0.2) is 0 Å². The fourth-order valence-corrected chi connectivity index (χ4v) is 6.71. The van der Waals surface area contributed by atoms with Crippen molar-refractivity contribution in [2.75, 3.05) is 6.61 Å². The van der Waals surface area contributed by atoms with E-state index in [1.807, 2.05) is 62.9 Å². The Morgan fingerprint density at radius 1 is 1.31 bits per heavy atom. The number of hydrogen-bond acceptors (Lipinski definition) is 6. The summed E-state index contributed by atoms with van der Waals surface area (Å²) in [5.41, 5.74) is 1.12. The first kappa shape index (κ1) is 25.1. The Morgan fingerprint density at radius 2 is 2.12 bits per heavy atom. The van der Waals surface area contributed by atoms with Gasteiger partial charge in [-0.15, -0.1) is 0 Å². The van der Waals surface area contributed by atoms with Gasteiger partial charge >= 0.3 is 5.97 Å². The van der Waals surface area contributed by atoms with E-state index >= 15 is 0 Å². The quantitative estimate of drug-likeness (QED) is 0.389. The summed E-state index contributed by atoms with van der Waals surface area (Å²) in [6, 6.07) is 7.78. The average molecular weight is 463 g/mol. The van der Waals surface area contributed by atoms with Gasteiger partial charge < -0.3 is 19.7 Å². The van der Waals surface area contributed by atoms with Crippen molar-refractivity contribution in [1.82, 2.24) is 0 Å². The predicted molar refractivity (Wildman–Crippen MR) is 129 cm³/mol. The van der Waals surface area contributed by atoms with Crippen molar-refractivity contribution in [3.05, 3.63) is 42.0 Å². The third-order valence-corrected chi connectivity index (χ3v) is 8.07. The molecule has 1 saturated carbocycles. The summed E-state index contributed by atoms with van der Waals surface area (Å²) in [6.45, 7) is 5.96. The fourth-order valence-electron chi connectivity index (χ4n) is 4.81. The van der Waals surface area contributed by atoms with Crippen LogP contribution in [0.2, 0.25) is 0 Å². The predicted octanol–water partition coefficient (Wildman–Crippen LogP) is 4.67. The van der Waals surface area contributed by atoms with E-state index in [9.17, 15) is 15.0 Å². The molecule has 1 saturated heterocycles. The summed E-state index contributed by atoms with van der Waals surface area (Å²) in [7, 11) is 0. The van der Waals surface area contributed by atoms with Gasteiger partial charge in [0.05, 0.1) is 12.2 Å². The molecule has 6 heteroatoms. The minimum Gasteiger partial charge on any atom is -0.491 e. The summed E-state index contributed by atoms with van der Waals surface area (Å²) in [5.74, 6) is 1.18. The molecule has 0 unspecified atom stereocenters. The van der Waals surface area contributed by atoms with Crippen LogP contribution in [0.3, 0.4) is 0 Å². The van der Waals surface area contributed by atoms with Crippen LogP contribution in [0.25, 0.3) is 0 Å². The maximum atomic E-state index is 11.7. The first-order valence-corrected chi connectivity index (χ1v) is 12.8. The molecule has 1 aromatic carbocycles. The lowest BCUT2D eigenvalue weighted by molar-refractivity contribution is -0.147. The monoisotopic (exact) mass is 462 g/mol. The highest BCUT2D eigenvalue weighted by atomic mass is 32.2. The number of ether oxygens (including phenoxy) is 2. The van der Waals surface area contributed by atoms with Gasteiger partial charge in [-0.25, -0.2) is 0 Å². The molecule has 3 rings (SSSR count). The van der Waals surface area contributed by atoms with Crippen LogP contribution in [-0.2, 0) is 9.53 Å². The molecule has 0 aromatic heterocycles. The van der Waals surface area contributed by atoms with Crippen LogP contribution in [0.5, 0.6) is 5.75 Å². The van der Waals surface area contributed by atoms with Gasteiger partial charge in [0.25, 0.3) is 0 Å². The Hall–Kier alpha value is -1.50. The van der Waals surface area contributed by atoms with E-state index in [1.54, 1.807) is 6.08 Å². The lowest BCUT2D eigenvalue weighted by atomic mass is 9.88. The zero-order valence-electron chi connectivity index (χ0n) is 19.5. The smallest absolute Gasteiger partial charge is 0.306 e. The molecule has 1 aliphatic heterocycles. The Bertz CT molecular complexity index is 764. The zero-order valence-corrected chi connectivity index (χ0v) is 20.3. The van der Waals surface area contributed by atoms with E-state index in [-0.39, 0.29) is 30.7 Å². The van der Waals surface area contributed by atoms with E-state index in [0.29, 0.717) is 22.8 Å². The van der Waals surface area contributed by atoms with E-state index in [4.69, 9.17) is 9.47 Å². The Kier molecular flexibility index (Phi) is 9.50. The molecule has 5 nitrogen and oxygen atoms in total. The standard InChI is InChI=1S/C26H38O5S/c1-17(2)31-26(29)9-5-8-21-11-13-23-22(24(28)15-25(23)32-21)12-10-19(27)16-30-20-7-4-6-18(3)14-20/h4,6-7,10,12,14,17,19,21-25,27-28H,5,8-9,11,13,15-16H2,1-3H3/b12-10+/t19-,21+,22-,23-,24-,25+/m1/s1. The normalized spacial score (nSPS) is 28.6. The fraction of sp³-hybridized carbons (Fsp3) is 0.654. The third kappa shape index (κ3) is 7.53. The van der Waals surface area contributed by atoms with Crippen molar-refractivity contribution in [2.45, 2.75) is 88.1 Å². The first-order valence-electron chi connectivity index (χ1n) is 11.9. The molecule has 2 aliphatic rings. The summed E-state index contributed by atoms with van der Waals surface area (Å²) in [4.78, 5) is 11.7. The van der Waals surface area contributed by atoms with Crippen LogP contribution >= 0.6 is 11.8 Å². The first-order chi connectivity index (χ1) is 15.3. The number of benzene rings is 1. The Balaban J connectivity index is 1.42. The van der Waals surface area contributed by atoms with Crippen molar-refractivity contribution in [1.29, 1.82) is 0 Å². The zero-order chi connectivity index (χ0) is 23.1. The summed E-state index contributed by atoms with van der Waals surface area (Å²) in [5, 5.41) is 22.0. The van der Waals surface area contributed by atoms with Gasteiger partial charge in [0.1, 0.15) is 18.5 Å². The third-order valence-electron chi connectivity index (χ3n) is 6.32. The lowest BCUT2D eigenvalue weighted by Gasteiger charge is -2.33. The van der Waals surface area contributed by atoms with E-state index < -0.39 is 6.10 Å². The number of aliphatic hydroxyl groups is 2. The van der Waals surface area contributed by atoms with Gasteiger partial charge in [-0.05, 0) is 76.5 Å². The number of aliphatic hydroxyl groups excluding tert-OH is 2. The van der Waals surface area contributed by atoms with Gasteiger partial charge in [-0.2, -0.15) is 11.8 Å². The molecular weight excluding hydrogens is 424 g/mol. The van der Waals surface area contributed by atoms with Crippen molar-refractivity contribution < 1.29 is 24.5 Å². The minimum atomic E-state index is -0.698. The van der Waals surface area contributed by atoms with Crippen LogP contribution < -0.4 is 4.74 Å². The van der Waals surface area contributed by atoms with Crippen molar-refractivity contribution in [3.8, 4) is 5.75 Å². The molecule has 0 spiro atoms. The number of aryl methyl sites for hydroxylation is 1. The largest absolute Gasteiger partial charge is 0.491 e. The molecule has 32 heavy (non-hydrogen) atoms. The molecule has 0 amide bonds. The van der Waals surface area contributed by atoms with Crippen molar-refractivity contribution in [3.63, 3.8) is 0 Å². The molecular formula is C26H38O5S. The molecule has 0 bridgehead atoms. The number of esters is 1. The van der Waals surface area contributed by atoms with E-state index in [1.165, 1.54) is 0 Å². The maximum absolute atomic E-state index is 11.7.